The second-order valence-electron chi connectivity index (χ2n) is 3.99. The SMILES string of the molecule is C=C(C)c1cccc([C@H](C)CNC(=O)O)c1. The molecule has 0 radical (unpaired) electrons. The van der Waals surface area contributed by atoms with Gasteiger partial charge < -0.3 is 10.4 Å². The summed E-state index contributed by atoms with van der Waals surface area (Å²) in [6, 6.07) is 8.02. The maximum Gasteiger partial charge on any atom is 0.404 e. The first kappa shape index (κ1) is 12.3. The highest BCUT2D eigenvalue weighted by molar-refractivity contribution is 5.64. The Morgan fingerprint density at radius 3 is 2.81 bits per heavy atom. The highest BCUT2D eigenvalue weighted by Gasteiger charge is 2.07. The summed E-state index contributed by atoms with van der Waals surface area (Å²) < 4.78 is 0. The number of amides is 1. The number of carbonyl (C=O) groups is 1. The minimum atomic E-state index is -0.983. The second kappa shape index (κ2) is 5.35. The topological polar surface area (TPSA) is 49.3 Å². The molecule has 3 heteroatoms. The first-order chi connectivity index (χ1) is 7.50. The Labute approximate surface area is 95.8 Å². The molecule has 0 heterocycles. The van der Waals surface area contributed by atoms with Gasteiger partial charge in [-0.15, -0.1) is 0 Å². The minimum absolute atomic E-state index is 0.162. The van der Waals surface area contributed by atoms with Crippen molar-refractivity contribution in [2.75, 3.05) is 6.54 Å². The molecular weight excluding hydrogens is 202 g/mol. The summed E-state index contributed by atoms with van der Waals surface area (Å²) in [7, 11) is 0. The number of allylic oxidation sites excluding steroid dienone is 1. The Balaban J connectivity index is 2.75. The second-order valence-corrected chi connectivity index (χ2v) is 3.99. The lowest BCUT2D eigenvalue weighted by molar-refractivity contribution is 0.194. The van der Waals surface area contributed by atoms with Gasteiger partial charge in [-0.2, -0.15) is 0 Å². The molecule has 0 aromatic heterocycles. The molecule has 0 aliphatic rings. The number of hydrogen-bond acceptors (Lipinski definition) is 1. The van der Waals surface area contributed by atoms with Gasteiger partial charge in [-0.1, -0.05) is 43.3 Å². The molecule has 0 aliphatic carbocycles. The third-order valence-corrected chi connectivity index (χ3v) is 2.51. The molecule has 0 aliphatic heterocycles. The highest BCUT2D eigenvalue weighted by Crippen LogP contribution is 2.19. The average molecular weight is 219 g/mol. The number of carboxylic acid groups (broad SMARTS) is 1. The Kier molecular flexibility index (Phi) is 4.11. The van der Waals surface area contributed by atoms with E-state index in [4.69, 9.17) is 5.11 Å². The van der Waals surface area contributed by atoms with Crippen molar-refractivity contribution in [1.29, 1.82) is 0 Å². The molecule has 0 fully saturated rings. The standard InChI is InChI=1S/C13H17NO2/c1-9(2)11-5-4-6-12(7-11)10(3)8-14-13(15)16/h4-7,10,14H,1,8H2,2-3H3,(H,15,16)/t10-/m1/s1. The molecule has 1 aromatic rings. The summed E-state index contributed by atoms with van der Waals surface area (Å²) in [5.74, 6) is 0.162. The van der Waals surface area contributed by atoms with Gasteiger partial charge in [0.15, 0.2) is 0 Å². The zero-order valence-electron chi connectivity index (χ0n) is 9.66. The molecule has 1 aromatic carbocycles. The summed E-state index contributed by atoms with van der Waals surface area (Å²) in [5.41, 5.74) is 3.23. The largest absolute Gasteiger partial charge is 0.465 e. The van der Waals surface area contributed by atoms with Gasteiger partial charge in [0.1, 0.15) is 0 Å². The smallest absolute Gasteiger partial charge is 0.404 e. The zero-order chi connectivity index (χ0) is 12.1. The Bertz CT molecular complexity index is 399. The van der Waals surface area contributed by atoms with Crippen molar-refractivity contribution in [2.45, 2.75) is 19.8 Å². The van der Waals surface area contributed by atoms with Crippen LogP contribution >= 0.6 is 0 Å². The summed E-state index contributed by atoms with van der Waals surface area (Å²) in [6.07, 6.45) is -0.983. The molecule has 3 nitrogen and oxygen atoms in total. The maximum absolute atomic E-state index is 10.4. The van der Waals surface area contributed by atoms with E-state index in [-0.39, 0.29) is 5.92 Å². The number of hydrogen-bond donors (Lipinski definition) is 2. The van der Waals surface area contributed by atoms with Crippen LogP contribution in [-0.4, -0.2) is 17.7 Å². The monoisotopic (exact) mass is 219 g/mol. The lowest BCUT2D eigenvalue weighted by Crippen LogP contribution is -2.25. The average Bonchev–Trinajstić information content (AvgIpc) is 2.26. The van der Waals surface area contributed by atoms with E-state index >= 15 is 0 Å². The van der Waals surface area contributed by atoms with E-state index in [1.165, 1.54) is 0 Å². The molecule has 0 saturated carbocycles. The normalized spacial score (nSPS) is 11.9. The maximum atomic E-state index is 10.4. The van der Waals surface area contributed by atoms with E-state index in [9.17, 15) is 4.79 Å². The van der Waals surface area contributed by atoms with Crippen LogP contribution in [0.15, 0.2) is 30.8 Å². The van der Waals surface area contributed by atoms with Crippen LogP contribution in [0, 0.1) is 0 Å². The van der Waals surface area contributed by atoms with Crippen molar-refractivity contribution in [3.63, 3.8) is 0 Å². The number of nitrogens with one attached hydrogen (secondary N) is 1. The van der Waals surface area contributed by atoms with Gasteiger partial charge in [0.05, 0.1) is 0 Å². The molecular formula is C13H17NO2. The summed E-state index contributed by atoms with van der Waals surface area (Å²) >= 11 is 0. The van der Waals surface area contributed by atoms with Crippen LogP contribution in [-0.2, 0) is 0 Å². The van der Waals surface area contributed by atoms with Crippen LogP contribution in [0.2, 0.25) is 0 Å². The van der Waals surface area contributed by atoms with Gasteiger partial charge in [-0.05, 0) is 24.0 Å². The van der Waals surface area contributed by atoms with Crippen molar-refractivity contribution < 1.29 is 9.90 Å². The summed E-state index contributed by atoms with van der Waals surface area (Å²) in [4.78, 5) is 10.4. The van der Waals surface area contributed by atoms with E-state index in [0.29, 0.717) is 6.54 Å². The molecule has 0 unspecified atom stereocenters. The van der Waals surface area contributed by atoms with Crippen LogP contribution in [0.1, 0.15) is 30.9 Å². The fourth-order valence-corrected chi connectivity index (χ4v) is 1.47. The van der Waals surface area contributed by atoms with Gasteiger partial charge in [0, 0.05) is 6.54 Å². The molecule has 86 valence electrons. The van der Waals surface area contributed by atoms with Crippen LogP contribution in [0.5, 0.6) is 0 Å². The van der Waals surface area contributed by atoms with E-state index in [1.54, 1.807) is 0 Å². The first-order valence-electron chi connectivity index (χ1n) is 5.23. The number of rotatable bonds is 4. The quantitative estimate of drug-likeness (QED) is 0.817. The van der Waals surface area contributed by atoms with Crippen LogP contribution in [0.3, 0.4) is 0 Å². The molecule has 0 saturated heterocycles. The van der Waals surface area contributed by atoms with Crippen molar-refractivity contribution in [1.82, 2.24) is 5.32 Å². The molecule has 2 N–H and O–H groups in total. The number of benzene rings is 1. The van der Waals surface area contributed by atoms with Gasteiger partial charge in [-0.25, -0.2) is 4.79 Å². The highest BCUT2D eigenvalue weighted by atomic mass is 16.4. The molecule has 1 amide bonds. The molecule has 16 heavy (non-hydrogen) atoms. The van der Waals surface area contributed by atoms with Crippen molar-refractivity contribution in [3.05, 3.63) is 42.0 Å². The predicted octanol–water partition coefficient (Wildman–Crippen LogP) is 3.09. The van der Waals surface area contributed by atoms with Gasteiger partial charge in [0.2, 0.25) is 0 Å². The van der Waals surface area contributed by atoms with Gasteiger partial charge >= 0.3 is 6.09 Å². The van der Waals surface area contributed by atoms with Gasteiger partial charge in [-0.3, -0.25) is 0 Å². The zero-order valence-corrected chi connectivity index (χ0v) is 9.66. The van der Waals surface area contributed by atoms with Crippen molar-refractivity contribution in [3.8, 4) is 0 Å². The molecule has 1 atom stereocenters. The molecule has 0 bridgehead atoms. The third-order valence-electron chi connectivity index (χ3n) is 2.51. The third kappa shape index (κ3) is 3.42. The van der Waals surface area contributed by atoms with Crippen molar-refractivity contribution >= 4 is 11.7 Å². The Hall–Kier alpha value is -1.77. The van der Waals surface area contributed by atoms with Crippen LogP contribution in [0.4, 0.5) is 4.79 Å². The molecule has 0 spiro atoms. The summed E-state index contributed by atoms with van der Waals surface area (Å²) in [5, 5.41) is 10.9. The lowest BCUT2D eigenvalue weighted by atomic mass is 9.97. The Morgan fingerprint density at radius 2 is 2.25 bits per heavy atom. The Morgan fingerprint density at radius 1 is 1.56 bits per heavy atom. The fraction of sp³-hybridized carbons (Fsp3) is 0.308. The van der Waals surface area contributed by atoms with E-state index in [0.717, 1.165) is 16.7 Å². The van der Waals surface area contributed by atoms with E-state index < -0.39 is 6.09 Å². The lowest BCUT2D eigenvalue weighted by Gasteiger charge is -2.13. The van der Waals surface area contributed by atoms with Crippen LogP contribution in [0.25, 0.3) is 5.57 Å². The minimum Gasteiger partial charge on any atom is -0.465 e. The first-order valence-corrected chi connectivity index (χ1v) is 5.23. The van der Waals surface area contributed by atoms with Crippen molar-refractivity contribution in [2.24, 2.45) is 0 Å². The molecule has 1 rings (SSSR count). The predicted molar refractivity (Wildman–Crippen MR) is 65.6 cm³/mol. The van der Waals surface area contributed by atoms with E-state index in [1.807, 2.05) is 32.0 Å². The van der Waals surface area contributed by atoms with Gasteiger partial charge in [0.25, 0.3) is 0 Å². The fourth-order valence-electron chi connectivity index (χ4n) is 1.47. The van der Waals surface area contributed by atoms with Crippen LogP contribution < -0.4 is 5.32 Å². The van der Waals surface area contributed by atoms with E-state index in [2.05, 4.69) is 18.0 Å². The summed E-state index contributed by atoms with van der Waals surface area (Å²) in [6.45, 7) is 8.27.